The monoisotopic (exact) mass is 340 g/mol. The number of hydrogen-bond donors (Lipinski definition) is 1. The Hall–Kier alpha value is -3.02. The van der Waals surface area contributed by atoms with E-state index in [0.717, 1.165) is 17.7 Å². The fraction of sp³-hybridized carbons (Fsp3) is 0.263. The number of carbonyl (C=O) groups excluding carboxylic acids is 2. The van der Waals surface area contributed by atoms with Crippen LogP contribution in [0.25, 0.3) is 0 Å². The lowest BCUT2D eigenvalue weighted by atomic mass is 10.1. The van der Waals surface area contributed by atoms with Crippen LogP contribution < -0.4 is 20.1 Å². The van der Waals surface area contributed by atoms with Crippen molar-refractivity contribution in [2.75, 3.05) is 18.6 Å². The van der Waals surface area contributed by atoms with Crippen LogP contribution >= 0.6 is 0 Å². The molecule has 0 radical (unpaired) electrons. The van der Waals surface area contributed by atoms with Gasteiger partial charge >= 0.3 is 0 Å². The standard InChI is InChI=1S/C19H20N2O4/c1-12-10-13-6-3-4-8-15(13)21(12)17(22)11-25-18-14(19(20)23)7-5-9-16(18)24-2/h3-9,12H,10-11H2,1-2H3,(H2,20,23). The maximum absolute atomic E-state index is 12.7. The van der Waals surface area contributed by atoms with E-state index in [2.05, 4.69) is 0 Å². The van der Waals surface area contributed by atoms with Gasteiger partial charge in [0.05, 0.1) is 12.7 Å². The lowest BCUT2D eigenvalue weighted by molar-refractivity contribution is -0.120. The summed E-state index contributed by atoms with van der Waals surface area (Å²) in [6.07, 6.45) is 0.809. The molecule has 0 spiro atoms. The molecule has 0 aromatic heterocycles. The molecule has 0 bridgehead atoms. The molecule has 1 unspecified atom stereocenters. The maximum Gasteiger partial charge on any atom is 0.265 e. The SMILES string of the molecule is COc1cccc(C(N)=O)c1OCC(=O)N1c2ccccc2CC1C. The zero-order valence-corrected chi connectivity index (χ0v) is 14.2. The van der Waals surface area contributed by atoms with E-state index in [1.165, 1.54) is 7.11 Å². The van der Waals surface area contributed by atoms with E-state index in [1.807, 2.05) is 31.2 Å². The maximum atomic E-state index is 12.7. The number of carbonyl (C=O) groups is 2. The third-order valence-corrected chi connectivity index (χ3v) is 4.28. The number of nitrogens with zero attached hydrogens (tertiary/aromatic N) is 1. The van der Waals surface area contributed by atoms with Gasteiger partial charge in [0.25, 0.3) is 11.8 Å². The van der Waals surface area contributed by atoms with Crippen LogP contribution in [0.15, 0.2) is 42.5 Å². The molecular weight excluding hydrogens is 320 g/mol. The molecule has 6 heteroatoms. The van der Waals surface area contributed by atoms with Gasteiger partial charge in [0.2, 0.25) is 0 Å². The number of nitrogens with two attached hydrogens (primary N) is 1. The Morgan fingerprint density at radius 3 is 2.68 bits per heavy atom. The molecule has 1 atom stereocenters. The van der Waals surface area contributed by atoms with E-state index in [-0.39, 0.29) is 29.9 Å². The van der Waals surface area contributed by atoms with Crippen molar-refractivity contribution in [3.8, 4) is 11.5 Å². The summed E-state index contributed by atoms with van der Waals surface area (Å²) in [5.41, 5.74) is 7.60. The first-order valence-electron chi connectivity index (χ1n) is 8.02. The number of benzene rings is 2. The van der Waals surface area contributed by atoms with Gasteiger partial charge in [-0.15, -0.1) is 0 Å². The van der Waals surface area contributed by atoms with Crippen LogP contribution in [0.2, 0.25) is 0 Å². The van der Waals surface area contributed by atoms with E-state index in [1.54, 1.807) is 23.1 Å². The van der Waals surface area contributed by atoms with Gasteiger partial charge in [-0.05, 0) is 37.1 Å². The fourth-order valence-corrected chi connectivity index (χ4v) is 3.17. The number of anilines is 1. The molecule has 0 aliphatic carbocycles. The van der Waals surface area contributed by atoms with Gasteiger partial charge in [0.1, 0.15) is 0 Å². The first kappa shape index (κ1) is 16.8. The number of amides is 2. The minimum atomic E-state index is -0.638. The number of para-hydroxylation sites is 2. The molecule has 0 fully saturated rings. The molecule has 0 saturated heterocycles. The van der Waals surface area contributed by atoms with Crippen LogP contribution in [0.4, 0.5) is 5.69 Å². The summed E-state index contributed by atoms with van der Waals surface area (Å²) in [4.78, 5) is 26.0. The molecule has 2 amide bonds. The van der Waals surface area contributed by atoms with Gasteiger partial charge in [-0.3, -0.25) is 9.59 Å². The number of hydrogen-bond acceptors (Lipinski definition) is 4. The molecular formula is C19H20N2O4. The second-order valence-corrected chi connectivity index (χ2v) is 5.94. The molecule has 2 aromatic rings. The Kier molecular flexibility index (Phi) is 4.61. The Morgan fingerprint density at radius 2 is 1.96 bits per heavy atom. The van der Waals surface area contributed by atoms with Crippen molar-refractivity contribution in [1.29, 1.82) is 0 Å². The van der Waals surface area contributed by atoms with Crippen molar-refractivity contribution < 1.29 is 19.1 Å². The number of methoxy groups -OCH3 is 1. The van der Waals surface area contributed by atoms with E-state index < -0.39 is 5.91 Å². The van der Waals surface area contributed by atoms with E-state index >= 15 is 0 Å². The first-order chi connectivity index (χ1) is 12.0. The second-order valence-electron chi connectivity index (χ2n) is 5.94. The summed E-state index contributed by atoms with van der Waals surface area (Å²) in [6, 6.07) is 12.7. The Morgan fingerprint density at radius 1 is 1.20 bits per heavy atom. The van der Waals surface area contributed by atoms with Crippen molar-refractivity contribution in [2.45, 2.75) is 19.4 Å². The lowest BCUT2D eigenvalue weighted by Crippen LogP contribution is -2.39. The van der Waals surface area contributed by atoms with Crippen molar-refractivity contribution in [2.24, 2.45) is 5.73 Å². The average molecular weight is 340 g/mol. The molecule has 25 heavy (non-hydrogen) atoms. The molecule has 1 heterocycles. The Bertz CT molecular complexity index is 819. The highest BCUT2D eigenvalue weighted by Crippen LogP contribution is 2.33. The van der Waals surface area contributed by atoms with Crippen LogP contribution in [0.1, 0.15) is 22.8 Å². The number of fused-ring (bicyclic) bond motifs is 1. The van der Waals surface area contributed by atoms with Gasteiger partial charge in [0.15, 0.2) is 18.1 Å². The highest BCUT2D eigenvalue weighted by Gasteiger charge is 2.31. The van der Waals surface area contributed by atoms with Crippen molar-refractivity contribution in [3.05, 3.63) is 53.6 Å². The van der Waals surface area contributed by atoms with E-state index in [9.17, 15) is 9.59 Å². The number of ether oxygens (including phenoxy) is 2. The highest BCUT2D eigenvalue weighted by atomic mass is 16.5. The van der Waals surface area contributed by atoms with E-state index in [0.29, 0.717) is 5.75 Å². The van der Waals surface area contributed by atoms with Crippen LogP contribution in [-0.2, 0) is 11.2 Å². The largest absolute Gasteiger partial charge is 0.493 e. The quantitative estimate of drug-likeness (QED) is 0.904. The Labute approximate surface area is 146 Å². The van der Waals surface area contributed by atoms with Crippen molar-refractivity contribution in [1.82, 2.24) is 0 Å². The third-order valence-electron chi connectivity index (χ3n) is 4.28. The van der Waals surface area contributed by atoms with Crippen molar-refractivity contribution in [3.63, 3.8) is 0 Å². The smallest absolute Gasteiger partial charge is 0.265 e. The normalized spacial score (nSPS) is 15.6. The van der Waals surface area contributed by atoms with Crippen LogP contribution in [0.3, 0.4) is 0 Å². The lowest BCUT2D eigenvalue weighted by Gasteiger charge is -2.23. The predicted molar refractivity (Wildman–Crippen MR) is 94.1 cm³/mol. The molecule has 1 aliphatic rings. The highest BCUT2D eigenvalue weighted by molar-refractivity contribution is 5.98. The molecule has 6 nitrogen and oxygen atoms in total. The molecule has 2 aromatic carbocycles. The molecule has 3 rings (SSSR count). The van der Waals surface area contributed by atoms with Crippen molar-refractivity contribution >= 4 is 17.5 Å². The zero-order valence-electron chi connectivity index (χ0n) is 14.2. The summed E-state index contributed by atoms with van der Waals surface area (Å²) in [7, 11) is 1.47. The summed E-state index contributed by atoms with van der Waals surface area (Å²) in [6.45, 7) is 1.79. The Balaban J connectivity index is 1.81. The van der Waals surface area contributed by atoms with Gasteiger partial charge in [-0.2, -0.15) is 0 Å². The summed E-state index contributed by atoms with van der Waals surface area (Å²) >= 11 is 0. The van der Waals surface area contributed by atoms with Crippen LogP contribution in [0, 0.1) is 0 Å². The van der Waals surface area contributed by atoms with Gasteiger partial charge in [-0.1, -0.05) is 24.3 Å². The topological polar surface area (TPSA) is 81.9 Å². The molecule has 130 valence electrons. The van der Waals surface area contributed by atoms with Crippen LogP contribution in [-0.4, -0.2) is 31.6 Å². The third kappa shape index (κ3) is 3.15. The molecule has 0 saturated carbocycles. The minimum Gasteiger partial charge on any atom is -0.493 e. The number of rotatable bonds is 5. The molecule has 2 N–H and O–H groups in total. The summed E-state index contributed by atoms with van der Waals surface area (Å²) in [5, 5.41) is 0. The predicted octanol–water partition coefficient (Wildman–Crippen LogP) is 2.15. The van der Waals surface area contributed by atoms with Gasteiger partial charge in [-0.25, -0.2) is 0 Å². The van der Waals surface area contributed by atoms with Gasteiger partial charge < -0.3 is 20.1 Å². The minimum absolute atomic E-state index is 0.0572. The first-order valence-corrected chi connectivity index (χ1v) is 8.02. The van der Waals surface area contributed by atoms with E-state index in [4.69, 9.17) is 15.2 Å². The zero-order chi connectivity index (χ0) is 18.0. The fourth-order valence-electron chi connectivity index (χ4n) is 3.17. The van der Waals surface area contributed by atoms with Gasteiger partial charge in [0, 0.05) is 11.7 Å². The average Bonchev–Trinajstić information content (AvgIpc) is 2.94. The summed E-state index contributed by atoms with van der Waals surface area (Å²) < 4.78 is 10.9. The van der Waals surface area contributed by atoms with Crippen LogP contribution in [0.5, 0.6) is 11.5 Å². The summed E-state index contributed by atoms with van der Waals surface area (Å²) in [5.74, 6) is -0.273. The number of primary amides is 1. The molecule has 1 aliphatic heterocycles. The second kappa shape index (κ2) is 6.84.